The second-order valence-corrected chi connectivity index (χ2v) is 5.01. The topological polar surface area (TPSA) is 49.8 Å². The van der Waals surface area contributed by atoms with Crippen LogP contribution in [0.15, 0.2) is 0 Å². The van der Waals surface area contributed by atoms with Crippen molar-refractivity contribution in [2.75, 3.05) is 26.3 Å². The lowest BCUT2D eigenvalue weighted by Gasteiger charge is -2.43. The summed E-state index contributed by atoms with van der Waals surface area (Å²) in [7, 11) is 0. The van der Waals surface area contributed by atoms with Gasteiger partial charge in [0.05, 0.1) is 13.2 Å². The number of carboxylic acid groups (broad SMARTS) is 1. The average Bonchev–Trinajstić information content (AvgIpc) is 2.36. The van der Waals surface area contributed by atoms with Crippen molar-refractivity contribution in [3.63, 3.8) is 0 Å². The number of ether oxygens (including phenoxy) is 1. The maximum absolute atomic E-state index is 11.7. The first-order chi connectivity index (χ1) is 8.06. The molecule has 2 atom stereocenters. The van der Waals surface area contributed by atoms with E-state index >= 15 is 0 Å². The summed E-state index contributed by atoms with van der Waals surface area (Å²) in [5.41, 5.74) is -0.695. The molecule has 17 heavy (non-hydrogen) atoms. The molecule has 0 radical (unpaired) electrons. The van der Waals surface area contributed by atoms with Gasteiger partial charge in [-0.25, -0.2) is 0 Å². The molecule has 4 heteroatoms. The molecule has 0 saturated carbocycles. The van der Waals surface area contributed by atoms with Crippen LogP contribution in [-0.2, 0) is 9.53 Å². The van der Waals surface area contributed by atoms with E-state index in [1.807, 2.05) is 6.92 Å². The fraction of sp³-hybridized carbons (Fsp3) is 0.923. The van der Waals surface area contributed by atoms with Gasteiger partial charge in [0.2, 0.25) is 0 Å². The third-order valence-corrected chi connectivity index (χ3v) is 3.98. The van der Waals surface area contributed by atoms with Gasteiger partial charge in [-0.3, -0.25) is 9.69 Å². The summed E-state index contributed by atoms with van der Waals surface area (Å²) in [5, 5.41) is 9.64. The molecule has 0 aromatic carbocycles. The van der Waals surface area contributed by atoms with Crippen LogP contribution in [0.25, 0.3) is 0 Å². The third kappa shape index (κ3) is 3.19. The van der Waals surface area contributed by atoms with E-state index in [0.717, 1.165) is 25.9 Å². The van der Waals surface area contributed by atoms with E-state index in [0.29, 0.717) is 25.6 Å². The summed E-state index contributed by atoms with van der Waals surface area (Å²) in [6.07, 6.45) is 2.42. The van der Waals surface area contributed by atoms with Crippen molar-refractivity contribution in [1.29, 1.82) is 0 Å². The minimum Gasteiger partial charge on any atom is -0.480 e. The van der Waals surface area contributed by atoms with Crippen molar-refractivity contribution in [2.24, 2.45) is 5.92 Å². The summed E-state index contributed by atoms with van der Waals surface area (Å²) < 4.78 is 5.32. The van der Waals surface area contributed by atoms with E-state index in [2.05, 4.69) is 18.7 Å². The molecule has 100 valence electrons. The van der Waals surface area contributed by atoms with Crippen LogP contribution in [0, 0.1) is 5.92 Å². The van der Waals surface area contributed by atoms with Gasteiger partial charge in [-0.1, -0.05) is 27.2 Å². The Morgan fingerprint density at radius 3 is 2.41 bits per heavy atom. The normalized spacial score (nSPS) is 23.0. The largest absolute Gasteiger partial charge is 0.480 e. The van der Waals surface area contributed by atoms with Crippen molar-refractivity contribution in [1.82, 2.24) is 4.90 Å². The van der Waals surface area contributed by atoms with E-state index in [9.17, 15) is 9.90 Å². The Hall–Kier alpha value is -0.610. The van der Waals surface area contributed by atoms with Crippen molar-refractivity contribution in [3.05, 3.63) is 0 Å². The minimum absolute atomic E-state index is 0.439. The highest BCUT2D eigenvalue weighted by Crippen LogP contribution is 2.30. The summed E-state index contributed by atoms with van der Waals surface area (Å²) in [6.45, 7) is 8.99. The maximum Gasteiger partial charge on any atom is 0.324 e. The van der Waals surface area contributed by atoms with Crippen LogP contribution >= 0.6 is 0 Å². The number of morpholine rings is 1. The quantitative estimate of drug-likeness (QED) is 0.775. The lowest BCUT2D eigenvalue weighted by Crippen LogP contribution is -2.58. The SMILES string of the molecule is CCC(C)CC(CC)(C(=O)O)N1CCOCC1. The second kappa shape index (κ2) is 6.36. The second-order valence-electron chi connectivity index (χ2n) is 5.01. The molecule has 1 aliphatic heterocycles. The Bertz CT molecular complexity index is 251. The zero-order chi connectivity index (χ0) is 12.9. The first-order valence-electron chi connectivity index (χ1n) is 6.63. The van der Waals surface area contributed by atoms with Crippen LogP contribution in [0.1, 0.15) is 40.0 Å². The third-order valence-electron chi connectivity index (χ3n) is 3.98. The van der Waals surface area contributed by atoms with Gasteiger partial charge in [0.25, 0.3) is 0 Å². The monoisotopic (exact) mass is 243 g/mol. The van der Waals surface area contributed by atoms with E-state index < -0.39 is 11.5 Å². The van der Waals surface area contributed by atoms with Gasteiger partial charge in [0.1, 0.15) is 5.54 Å². The first-order valence-corrected chi connectivity index (χ1v) is 6.63. The standard InChI is InChI=1S/C13H25NO3/c1-4-11(3)10-13(5-2,12(15)16)14-6-8-17-9-7-14/h11H,4-10H2,1-3H3,(H,15,16). The maximum atomic E-state index is 11.7. The molecule has 0 aromatic rings. The molecular weight excluding hydrogens is 218 g/mol. The zero-order valence-corrected chi connectivity index (χ0v) is 11.2. The van der Waals surface area contributed by atoms with Gasteiger partial charge in [0.15, 0.2) is 0 Å². The number of nitrogens with zero attached hydrogens (tertiary/aromatic N) is 1. The highest BCUT2D eigenvalue weighted by molar-refractivity contribution is 5.78. The van der Waals surface area contributed by atoms with E-state index in [4.69, 9.17) is 4.74 Å². The van der Waals surface area contributed by atoms with Crippen molar-refractivity contribution >= 4 is 5.97 Å². The highest BCUT2D eigenvalue weighted by atomic mass is 16.5. The zero-order valence-electron chi connectivity index (χ0n) is 11.2. The van der Waals surface area contributed by atoms with Gasteiger partial charge in [-0.05, 0) is 18.8 Å². The van der Waals surface area contributed by atoms with Crippen LogP contribution in [0.4, 0.5) is 0 Å². The fourth-order valence-corrected chi connectivity index (χ4v) is 2.58. The Morgan fingerprint density at radius 2 is 2.00 bits per heavy atom. The number of rotatable bonds is 6. The molecule has 1 saturated heterocycles. The molecule has 1 aliphatic rings. The molecule has 0 spiro atoms. The average molecular weight is 243 g/mol. The fourth-order valence-electron chi connectivity index (χ4n) is 2.58. The Labute approximate surface area is 104 Å². The van der Waals surface area contributed by atoms with Gasteiger partial charge in [0, 0.05) is 13.1 Å². The molecule has 1 N–H and O–H groups in total. The number of aliphatic carboxylic acids is 1. The van der Waals surface area contributed by atoms with Crippen LogP contribution < -0.4 is 0 Å². The molecule has 1 fully saturated rings. The predicted octanol–water partition coefficient (Wildman–Crippen LogP) is 1.99. The Balaban J connectivity index is 2.85. The molecule has 0 aromatic heterocycles. The van der Waals surface area contributed by atoms with Crippen molar-refractivity contribution < 1.29 is 14.6 Å². The predicted molar refractivity (Wildman–Crippen MR) is 67.1 cm³/mol. The van der Waals surface area contributed by atoms with Crippen molar-refractivity contribution in [3.8, 4) is 0 Å². The Morgan fingerprint density at radius 1 is 1.41 bits per heavy atom. The van der Waals surface area contributed by atoms with Gasteiger partial charge < -0.3 is 9.84 Å². The number of hydrogen-bond acceptors (Lipinski definition) is 3. The van der Waals surface area contributed by atoms with Crippen LogP contribution in [-0.4, -0.2) is 47.8 Å². The molecule has 0 amide bonds. The highest BCUT2D eigenvalue weighted by Gasteiger charge is 2.43. The molecule has 2 unspecified atom stereocenters. The van der Waals surface area contributed by atoms with Gasteiger partial charge >= 0.3 is 5.97 Å². The molecule has 1 heterocycles. The smallest absolute Gasteiger partial charge is 0.324 e. The number of carboxylic acids is 1. The first kappa shape index (κ1) is 14.5. The molecule has 1 rings (SSSR count). The Kier molecular flexibility index (Phi) is 5.40. The van der Waals surface area contributed by atoms with Crippen molar-refractivity contribution in [2.45, 2.75) is 45.6 Å². The van der Waals surface area contributed by atoms with Crippen LogP contribution in [0.5, 0.6) is 0 Å². The molecular formula is C13H25NO3. The lowest BCUT2D eigenvalue weighted by atomic mass is 9.83. The van der Waals surface area contributed by atoms with E-state index in [1.165, 1.54) is 0 Å². The van der Waals surface area contributed by atoms with Crippen LogP contribution in [0.3, 0.4) is 0 Å². The minimum atomic E-state index is -0.695. The van der Waals surface area contributed by atoms with Crippen LogP contribution in [0.2, 0.25) is 0 Å². The summed E-state index contributed by atoms with van der Waals surface area (Å²) in [5.74, 6) is -0.240. The molecule has 0 bridgehead atoms. The van der Waals surface area contributed by atoms with Gasteiger partial charge in [-0.2, -0.15) is 0 Å². The summed E-state index contributed by atoms with van der Waals surface area (Å²) >= 11 is 0. The molecule has 4 nitrogen and oxygen atoms in total. The summed E-state index contributed by atoms with van der Waals surface area (Å²) in [4.78, 5) is 13.8. The van der Waals surface area contributed by atoms with E-state index in [-0.39, 0.29) is 0 Å². The number of hydrogen-bond donors (Lipinski definition) is 1. The van der Waals surface area contributed by atoms with E-state index in [1.54, 1.807) is 0 Å². The van der Waals surface area contributed by atoms with Gasteiger partial charge in [-0.15, -0.1) is 0 Å². The molecule has 0 aliphatic carbocycles. The number of carbonyl (C=O) groups is 1. The lowest BCUT2D eigenvalue weighted by molar-refractivity contribution is -0.157. The summed E-state index contributed by atoms with van der Waals surface area (Å²) in [6, 6.07) is 0.